The number of rotatable bonds is 4. The van der Waals surface area contributed by atoms with Crippen molar-refractivity contribution in [3.63, 3.8) is 0 Å². The van der Waals surface area contributed by atoms with Crippen LogP contribution in [0.1, 0.15) is 10.5 Å². The number of hydrogen-bond acceptors (Lipinski definition) is 6. The Kier molecular flexibility index (Phi) is 4.61. The molecule has 0 aliphatic heterocycles. The molecule has 0 bridgehead atoms. The zero-order chi connectivity index (χ0) is 19.2. The lowest BCUT2D eigenvalue weighted by molar-refractivity contribution is 0.0821. The molecule has 0 unspecified atom stereocenters. The van der Waals surface area contributed by atoms with E-state index in [1.54, 1.807) is 0 Å². The number of aromatic nitrogens is 2. The first-order valence-electron chi connectivity index (χ1n) is 6.45. The van der Waals surface area contributed by atoms with E-state index in [4.69, 9.17) is 4.55 Å². The summed E-state index contributed by atoms with van der Waals surface area (Å²) in [4.78, 5) is 23.6. The number of hydrogen-bond donors (Lipinski definition) is 3. The van der Waals surface area contributed by atoms with Crippen molar-refractivity contribution in [1.82, 2.24) is 14.7 Å². The van der Waals surface area contributed by atoms with Gasteiger partial charge in [-0.25, -0.2) is 4.68 Å². The summed E-state index contributed by atoms with van der Waals surface area (Å²) in [5.74, 6) is -0.602. The third-order valence-electron chi connectivity index (χ3n) is 3.10. The number of carbonyl (C=O) groups excluding carboxylic acids is 1. The van der Waals surface area contributed by atoms with Crippen molar-refractivity contribution in [3.05, 3.63) is 40.3 Å². The standard InChI is InChI=1S/C12H13N3O8S2/c1-14(2)12(17)8-6-11(16)15(13-8)9-5-7(24(18,19)20)3-4-10(9)25(21,22)23/h3-6,13H,1-2H3,(H,18,19,20)(H,21,22,23). The van der Waals surface area contributed by atoms with Gasteiger partial charge in [-0.15, -0.1) is 0 Å². The molecule has 0 radical (unpaired) electrons. The van der Waals surface area contributed by atoms with Crippen LogP contribution in [-0.2, 0) is 20.2 Å². The molecule has 2 rings (SSSR count). The van der Waals surface area contributed by atoms with Crippen LogP contribution in [0, 0.1) is 0 Å². The number of H-pyrrole nitrogens is 1. The third kappa shape index (κ3) is 3.79. The van der Waals surface area contributed by atoms with Crippen molar-refractivity contribution in [2.24, 2.45) is 0 Å². The predicted molar refractivity (Wildman–Crippen MR) is 84.0 cm³/mol. The van der Waals surface area contributed by atoms with Gasteiger partial charge in [-0.3, -0.25) is 23.8 Å². The van der Waals surface area contributed by atoms with Gasteiger partial charge in [0.15, 0.2) is 0 Å². The highest BCUT2D eigenvalue weighted by atomic mass is 32.2. The average Bonchev–Trinajstić information content (AvgIpc) is 2.85. The molecule has 0 fully saturated rings. The topological polar surface area (TPSA) is 167 Å². The predicted octanol–water partition coefficient (Wildman–Crippen LogP) is -0.639. The minimum absolute atomic E-state index is 0.200. The summed E-state index contributed by atoms with van der Waals surface area (Å²) in [6.07, 6.45) is 0. The van der Waals surface area contributed by atoms with Crippen molar-refractivity contribution in [2.75, 3.05) is 14.1 Å². The zero-order valence-electron chi connectivity index (χ0n) is 12.9. The van der Waals surface area contributed by atoms with E-state index in [-0.39, 0.29) is 5.69 Å². The molecule has 25 heavy (non-hydrogen) atoms. The van der Waals surface area contributed by atoms with Gasteiger partial charge in [-0.1, -0.05) is 0 Å². The molecule has 1 heterocycles. The van der Waals surface area contributed by atoms with Crippen LogP contribution >= 0.6 is 0 Å². The van der Waals surface area contributed by atoms with E-state index in [1.807, 2.05) is 0 Å². The van der Waals surface area contributed by atoms with E-state index in [1.165, 1.54) is 14.1 Å². The Morgan fingerprint density at radius 2 is 1.68 bits per heavy atom. The summed E-state index contributed by atoms with van der Waals surface area (Å²) in [6, 6.07) is 2.98. The average molecular weight is 391 g/mol. The lowest BCUT2D eigenvalue weighted by Gasteiger charge is -2.10. The Labute approximate surface area is 142 Å². The van der Waals surface area contributed by atoms with Crippen LogP contribution in [0.25, 0.3) is 5.69 Å². The summed E-state index contributed by atoms with van der Waals surface area (Å²) < 4.78 is 64.4. The molecular formula is C12H13N3O8S2. The first kappa shape index (κ1) is 18.9. The third-order valence-corrected chi connectivity index (χ3v) is 4.85. The van der Waals surface area contributed by atoms with Gasteiger partial charge in [0.2, 0.25) is 0 Å². The van der Waals surface area contributed by atoms with Crippen LogP contribution < -0.4 is 5.56 Å². The SMILES string of the molecule is CN(C)C(=O)c1cc(=O)n(-c2cc(S(=O)(=O)O)ccc2S(=O)(=O)O)[nH]1. The molecule has 0 atom stereocenters. The zero-order valence-corrected chi connectivity index (χ0v) is 14.5. The van der Waals surface area contributed by atoms with E-state index in [0.717, 1.165) is 17.0 Å². The second-order valence-electron chi connectivity index (χ2n) is 5.12. The molecule has 1 aromatic carbocycles. The molecule has 0 saturated carbocycles. The first-order valence-corrected chi connectivity index (χ1v) is 9.33. The van der Waals surface area contributed by atoms with Gasteiger partial charge in [0.1, 0.15) is 10.6 Å². The molecule has 2 aromatic rings. The molecular weight excluding hydrogens is 378 g/mol. The maximum Gasteiger partial charge on any atom is 0.296 e. The second-order valence-corrected chi connectivity index (χ2v) is 7.93. The Morgan fingerprint density at radius 3 is 2.16 bits per heavy atom. The Bertz CT molecular complexity index is 1110. The largest absolute Gasteiger partial charge is 0.343 e. The number of aromatic amines is 1. The molecule has 13 heteroatoms. The fourth-order valence-corrected chi connectivity index (χ4v) is 3.13. The van der Waals surface area contributed by atoms with Crippen molar-refractivity contribution in [2.45, 2.75) is 9.79 Å². The van der Waals surface area contributed by atoms with Gasteiger partial charge in [-0.2, -0.15) is 16.8 Å². The van der Waals surface area contributed by atoms with E-state index in [0.29, 0.717) is 16.8 Å². The molecule has 11 nitrogen and oxygen atoms in total. The van der Waals surface area contributed by atoms with E-state index in [9.17, 15) is 31.0 Å². The van der Waals surface area contributed by atoms with Crippen LogP contribution in [0.5, 0.6) is 0 Å². The molecule has 0 aliphatic rings. The van der Waals surface area contributed by atoms with Crippen LogP contribution in [0.3, 0.4) is 0 Å². The highest BCUT2D eigenvalue weighted by molar-refractivity contribution is 7.86. The Morgan fingerprint density at radius 1 is 1.08 bits per heavy atom. The molecule has 1 aromatic heterocycles. The van der Waals surface area contributed by atoms with Crippen LogP contribution in [0.2, 0.25) is 0 Å². The van der Waals surface area contributed by atoms with Crippen LogP contribution in [-0.4, -0.2) is 60.6 Å². The van der Waals surface area contributed by atoms with E-state index >= 15 is 0 Å². The summed E-state index contributed by atoms with van der Waals surface area (Å²) in [5, 5.41) is 2.33. The minimum Gasteiger partial charge on any atom is -0.343 e. The molecule has 0 aliphatic carbocycles. The fraction of sp³-hybridized carbons (Fsp3) is 0.167. The highest BCUT2D eigenvalue weighted by Gasteiger charge is 2.23. The number of amides is 1. The van der Waals surface area contributed by atoms with Gasteiger partial charge in [0.05, 0.1) is 10.6 Å². The molecule has 0 saturated heterocycles. The van der Waals surface area contributed by atoms with Crippen molar-refractivity contribution >= 4 is 26.1 Å². The Balaban J connectivity index is 2.82. The highest BCUT2D eigenvalue weighted by Crippen LogP contribution is 2.22. The lowest BCUT2D eigenvalue weighted by Crippen LogP contribution is -2.22. The number of benzene rings is 1. The Hall–Kier alpha value is -2.48. The molecule has 136 valence electrons. The summed E-state index contributed by atoms with van der Waals surface area (Å²) in [5.41, 5.74) is -1.67. The minimum atomic E-state index is -4.84. The van der Waals surface area contributed by atoms with Gasteiger partial charge < -0.3 is 4.90 Å². The van der Waals surface area contributed by atoms with Crippen LogP contribution in [0.4, 0.5) is 0 Å². The number of nitrogens with one attached hydrogen (secondary N) is 1. The van der Waals surface area contributed by atoms with Crippen molar-refractivity contribution in [1.29, 1.82) is 0 Å². The lowest BCUT2D eigenvalue weighted by atomic mass is 10.3. The summed E-state index contributed by atoms with van der Waals surface area (Å²) in [6.45, 7) is 0. The van der Waals surface area contributed by atoms with Crippen molar-refractivity contribution in [3.8, 4) is 5.69 Å². The maximum absolute atomic E-state index is 12.1. The van der Waals surface area contributed by atoms with Gasteiger partial charge in [0, 0.05) is 20.2 Å². The number of nitrogens with zero attached hydrogens (tertiary/aromatic N) is 2. The van der Waals surface area contributed by atoms with Gasteiger partial charge in [0.25, 0.3) is 31.7 Å². The first-order chi connectivity index (χ1) is 11.3. The monoisotopic (exact) mass is 391 g/mol. The maximum atomic E-state index is 12.1. The summed E-state index contributed by atoms with van der Waals surface area (Å²) in [7, 11) is -6.72. The van der Waals surface area contributed by atoms with Gasteiger partial charge in [-0.05, 0) is 18.2 Å². The van der Waals surface area contributed by atoms with E-state index < -0.39 is 47.2 Å². The van der Waals surface area contributed by atoms with Crippen LogP contribution in [0.15, 0.2) is 38.9 Å². The normalized spacial score (nSPS) is 12.2. The molecule has 1 amide bonds. The summed E-state index contributed by atoms with van der Waals surface area (Å²) >= 11 is 0. The van der Waals surface area contributed by atoms with E-state index in [2.05, 4.69) is 5.10 Å². The quantitative estimate of drug-likeness (QED) is 0.579. The fourth-order valence-electron chi connectivity index (χ4n) is 1.98. The van der Waals surface area contributed by atoms with Gasteiger partial charge >= 0.3 is 0 Å². The second kappa shape index (κ2) is 6.11. The molecule has 0 spiro atoms. The van der Waals surface area contributed by atoms with Crippen molar-refractivity contribution < 1.29 is 30.7 Å². The molecule has 3 N–H and O–H groups in total. The smallest absolute Gasteiger partial charge is 0.296 e. The number of carbonyl (C=O) groups is 1.